The average molecular weight is 527 g/mol. The fourth-order valence-corrected chi connectivity index (χ4v) is 3.55. The van der Waals surface area contributed by atoms with Crippen molar-refractivity contribution in [2.75, 3.05) is 26.2 Å². The Hall–Kier alpha value is -1.97. The van der Waals surface area contributed by atoms with E-state index in [1.807, 2.05) is 6.92 Å². The van der Waals surface area contributed by atoms with Crippen LogP contribution >= 0.6 is 24.0 Å². The summed E-state index contributed by atoms with van der Waals surface area (Å²) < 4.78 is 5.02. The number of halogens is 1. The number of fused-ring (bicyclic) bond motifs is 1. The molecule has 1 fully saturated rings. The van der Waals surface area contributed by atoms with Crippen molar-refractivity contribution < 1.29 is 9.53 Å². The summed E-state index contributed by atoms with van der Waals surface area (Å²) >= 11 is 0. The fourth-order valence-electron chi connectivity index (χ4n) is 3.55. The SMILES string of the molecule is CCNC(=NCC(NC(=O)OCC)C1CC1)NCCc1c[nH]c2c(C)cccc12.I. The number of guanidine groups is 1. The Labute approximate surface area is 195 Å². The summed E-state index contributed by atoms with van der Waals surface area (Å²) in [5.41, 5.74) is 3.77. The Morgan fingerprint density at radius 3 is 2.80 bits per heavy atom. The van der Waals surface area contributed by atoms with Crippen LogP contribution in [-0.2, 0) is 11.2 Å². The van der Waals surface area contributed by atoms with Crippen LogP contribution in [0.4, 0.5) is 4.79 Å². The lowest BCUT2D eigenvalue weighted by Crippen LogP contribution is -2.42. The van der Waals surface area contributed by atoms with Crippen molar-refractivity contribution in [2.45, 2.75) is 46.1 Å². The number of hydrogen-bond donors (Lipinski definition) is 4. The van der Waals surface area contributed by atoms with Crippen LogP contribution in [0, 0.1) is 12.8 Å². The van der Waals surface area contributed by atoms with E-state index in [0.29, 0.717) is 19.1 Å². The van der Waals surface area contributed by atoms with Crippen molar-refractivity contribution in [2.24, 2.45) is 10.9 Å². The molecule has 166 valence electrons. The molecule has 1 aliphatic rings. The molecule has 1 unspecified atom stereocenters. The van der Waals surface area contributed by atoms with Gasteiger partial charge >= 0.3 is 6.09 Å². The van der Waals surface area contributed by atoms with Gasteiger partial charge in [0.05, 0.1) is 19.2 Å². The molecule has 1 aromatic carbocycles. The van der Waals surface area contributed by atoms with E-state index in [4.69, 9.17) is 9.73 Å². The number of aliphatic imine (C=N–C) groups is 1. The van der Waals surface area contributed by atoms with E-state index in [-0.39, 0.29) is 36.1 Å². The molecule has 1 amide bonds. The van der Waals surface area contributed by atoms with Gasteiger partial charge in [0, 0.05) is 30.2 Å². The molecule has 1 saturated carbocycles. The number of rotatable bonds is 9. The van der Waals surface area contributed by atoms with Crippen molar-refractivity contribution in [3.8, 4) is 0 Å². The smallest absolute Gasteiger partial charge is 0.407 e. The zero-order valence-corrected chi connectivity index (χ0v) is 20.4. The molecule has 30 heavy (non-hydrogen) atoms. The summed E-state index contributed by atoms with van der Waals surface area (Å²) in [5, 5.41) is 10.9. The highest BCUT2D eigenvalue weighted by Crippen LogP contribution is 2.32. The van der Waals surface area contributed by atoms with Crippen LogP contribution < -0.4 is 16.0 Å². The summed E-state index contributed by atoms with van der Waals surface area (Å²) in [6.07, 6.45) is 4.91. The van der Waals surface area contributed by atoms with E-state index in [0.717, 1.165) is 38.3 Å². The minimum absolute atomic E-state index is 0. The van der Waals surface area contributed by atoms with E-state index in [1.165, 1.54) is 22.0 Å². The van der Waals surface area contributed by atoms with Gasteiger partial charge in [-0.3, -0.25) is 4.99 Å². The van der Waals surface area contributed by atoms with Gasteiger partial charge in [-0.1, -0.05) is 18.2 Å². The van der Waals surface area contributed by atoms with Crippen LogP contribution in [0.3, 0.4) is 0 Å². The third kappa shape index (κ3) is 6.78. The monoisotopic (exact) mass is 527 g/mol. The quantitative estimate of drug-likeness (QED) is 0.227. The number of para-hydroxylation sites is 1. The van der Waals surface area contributed by atoms with Crippen LogP contribution in [0.1, 0.15) is 37.8 Å². The van der Waals surface area contributed by atoms with Gasteiger partial charge in [-0.15, -0.1) is 24.0 Å². The number of carbonyl (C=O) groups excluding carboxylic acids is 1. The molecule has 0 bridgehead atoms. The third-order valence-corrected chi connectivity index (χ3v) is 5.26. The number of alkyl carbamates (subject to hydrolysis) is 1. The number of H-pyrrole nitrogens is 1. The predicted octanol–water partition coefficient (Wildman–Crippen LogP) is 3.72. The number of nitrogens with one attached hydrogen (secondary N) is 4. The van der Waals surface area contributed by atoms with Crippen molar-refractivity contribution in [3.63, 3.8) is 0 Å². The lowest BCUT2D eigenvalue weighted by molar-refractivity contribution is 0.147. The summed E-state index contributed by atoms with van der Waals surface area (Å²) in [5.74, 6) is 1.28. The van der Waals surface area contributed by atoms with Gasteiger partial charge in [0.25, 0.3) is 0 Å². The fraction of sp³-hybridized carbons (Fsp3) is 0.545. The van der Waals surface area contributed by atoms with E-state index >= 15 is 0 Å². The van der Waals surface area contributed by atoms with E-state index in [9.17, 15) is 4.79 Å². The maximum Gasteiger partial charge on any atom is 0.407 e. The standard InChI is InChI=1S/C22H33N5O2.HI/c1-4-23-21(26-14-19(16-9-10-16)27-22(28)29-5-2)24-12-11-17-13-25-20-15(3)7-6-8-18(17)20;/h6-8,13,16,19,25H,4-5,9-12,14H2,1-3H3,(H,27,28)(H2,23,24,26);1H. The minimum atomic E-state index is -0.354. The Balaban J connectivity index is 0.00000320. The van der Waals surface area contributed by atoms with Crippen LogP contribution in [0.15, 0.2) is 29.4 Å². The van der Waals surface area contributed by atoms with Crippen molar-refractivity contribution in [1.29, 1.82) is 0 Å². The summed E-state index contributed by atoms with van der Waals surface area (Å²) in [6, 6.07) is 6.41. The molecule has 7 nitrogen and oxygen atoms in total. The van der Waals surface area contributed by atoms with Crippen LogP contribution in [-0.4, -0.2) is 49.3 Å². The lowest BCUT2D eigenvalue weighted by atomic mass is 10.1. The first-order valence-electron chi connectivity index (χ1n) is 10.6. The number of aromatic nitrogens is 1. The molecular formula is C22H34IN5O2. The Morgan fingerprint density at radius 2 is 2.10 bits per heavy atom. The molecule has 8 heteroatoms. The second-order valence-electron chi connectivity index (χ2n) is 7.52. The Morgan fingerprint density at radius 1 is 1.30 bits per heavy atom. The number of carbonyl (C=O) groups is 1. The Bertz CT molecular complexity index is 847. The summed E-state index contributed by atoms with van der Waals surface area (Å²) in [4.78, 5) is 19.9. The highest BCUT2D eigenvalue weighted by molar-refractivity contribution is 14.0. The van der Waals surface area contributed by atoms with E-state index < -0.39 is 0 Å². The van der Waals surface area contributed by atoms with Crippen LogP contribution in [0.2, 0.25) is 0 Å². The van der Waals surface area contributed by atoms with Crippen molar-refractivity contribution in [3.05, 3.63) is 35.5 Å². The zero-order valence-electron chi connectivity index (χ0n) is 18.1. The number of amides is 1. The first kappa shape index (κ1) is 24.3. The number of benzene rings is 1. The zero-order chi connectivity index (χ0) is 20.6. The number of aryl methyl sites for hydroxylation is 1. The Kier molecular flexibility index (Phi) is 9.74. The molecule has 1 heterocycles. The normalized spacial score (nSPS) is 14.7. The average Bonchev–Trinajstić information content (AvgIpc) is 3.46. The predicted molar refractivity (Wildman–Crippen MR) is 133 cm³/mol. The number of hydrogen-bond acceptors (Lipinski definition) is 3. The first-order valence-corrected chi connectivity index (χ1v) is 10.6. The van der Waals surface area contributed by atoms with Gasteiger partial charge in [-0.2, -0.15) is 0 Å². The molecule has 1 aliphatic carbocycles. The van der Waals surface area contributed by atoms with Gasteiger partial charge in [0.15, 0.2) is 5.96 Å². The van der Waals surface area contributed by atoms with Crippen molar-refractivity contribution in [1.82, 2.24) is 20.9 Å². The molecule has 0 saturated heterocycles. The lowest BCUT2D eigenvalue weighted by Gasteiger charge is -2.17. The molecule has 1 aromatic heterocycles. The highest BCUT2D eigenvalue weighted by Gasteiger charge is 2.32. The van der Waals surface area contributed by atoms with E-state index in [1.54, 1.807) is 0 Å². The van der Waals surface area contributed by atoms with Gasteiger partial charge in [0.1, 0.15) is 0 Å². The largest absolute Gasteiger partial charge is 0.450 e. The molecular weight excluding hydrogens is 493 g/mol. The van der Waals surface area contributed by atoms with Crippen LogP contribution in [0.25, 0.3) is 10.9 Å². The molecule has 0 spiro atoms. The number of nitrogens with zero attached hydrogens (tertiary/aromatic N) is 1. The summed E-state index contributed by atoms with van der Waals surface area (Å²) in [6.45, 7) is 8.48. The molecule has 0 radical (unpaired) electrons. The molecule has 4 N–H and O–H groups in total. The number of aromatic amines is 1. The second kappa shape index (κ2) is 12.0. The third-order valence-electron chi connectivity index (χ3n) is 5.26. The van der Waals surface area contributed by atoms with Gasteiger partial charge in [-0.05, 0) is 57.1 Å². The second-order valence-corrected chi connectivity index (χ2v) is 7.52. The first-order chi connectivity index (χ1) is 14.1. The molecule has 0 aliphatic heterocycles. The highest BCUT2D eigenvalue weighted by atomic mass is 127. The van der Waals surface area contributed by atoms with Gasteiger partial charge < -0.3 is 25.7 Å². The topological polar surface area (TPSA) is 90.5 Å². The van der Waals surface area contributed by atoms with Gasteiger partial charge in [0.2, 0.25) is 0 Å². The number of ether oxygens (including phenoxy) is 1. The maximum atomic E-state index is 11.8. The van der Waals surface area contributed by atoms with E-state index in [2.05, 4.69) is 59.2 Å². The van der Waals surface area contributed by atoms with Crippen molar-refractivity contribution >= 4 is 46.9 Å². The minimum Gasteiger partial charge on any atom is -0.450 e. The van der Waals surface area contributed by atoms with Gasteiger partial charge in [-0.25, -0.2) is 4.79 Å². The molecule has 2 aromatic rings. The molecule has 1 atom stereocenters. The molecule has 3 rings (SSSR count). The maximum absolute atomic E-state index is 11.8. The summed E-state index contributed by atoms with van der Waals surface area (Å²) in [7, 11) is 0. The van der Waals surface area contributed by atoms with Crippen LogP contribution in [0.5, 0.6) is 0 Å².